The normalized spacial score (nSPS) is 17.1. The van der Waals surface area contributed by atoms with Crippen molar-refractivity contribution in [3.8, 4) is 0 Å². The first-order chi connectivity index (χ1) is 13.4. The molecule has 1 aliphatic rings. The van der Waals surface area contributed by atoms with Crippen LogP contribution in [0.5, 0.6) is 0 Å². The minimum atomic E-state index is -0.936. The predicted molar refractivity (Wildman–Crippen MR) is 105 cm³/mol. The average molecular weight is 383 g/mol. The standard InChI is InChI=1S/C23H26FNO3/c1-17(11-12-18-7-5-6-10-20(18)24)21(26)25-15-13-23(14-16-25,22(27)28)19-8-3-2-4-9-19/h2-10,17H,11-16H2,1H3,(H,27,28). The molecule has 1 atom stereocenters. The van der Waals surface area contributed by atoms with Crippen LogP contribution in [0.2, 0.25) is 0 Å². The summed E-state index contributed by atoms with van der Waals surface area (Å²) in [5.74, 6) is -1.29. The number of aliphatic carboxylic acids is 1. The number of carboxylic acid groups (broad SMARTS) is 1. The minimum absolute atomic E-state index is 0.0170. The molecule has 0 aliphatic carbocycles. The second-order valence-corrected chi connectivity index (χ2v) is 7.61. The fraction of sp³-hybridized carbons (Fsp3) is 0.391. The Morgan fingerprint density at radius 3 is 2.29 bits per heavy atom. The molecule has 1 saturated heterocycles. The molecule has 4 nitrogen and oxygen atoms in total. The molecule has 1 aliphatic heterocycles. The van der Waals surface area contributed by atoms with E-state index in [2.05, 4.69) is 0 Å². The number of benzene rings is 2. The van der Waals surface area contributed by atoms with Gasteiger partial charge in [-0.1, -0.05) is 55.5 Å². The smallest absolute Gasteiger partial charge is 0.314 e. The highest BCUT2D eigenvalue weighted by Gasteiger charge is 2.44. The zero-order valence-corrected chi connectivity index (χ0v) is 16.1. The molecule has 0 bridgehead atoms. The van der Waals surface area contributed by atoms with Crippen LogP contribution in [0.15, 0.2) is 54.6 Å². The monoisotopic (exact) mass is 383 g/mol. The fourth-order valence-corrected chi connectivity index (χ4v) is 4.00. The largest absolute Gasteiger partial charge is 0.481 e. The lowest BCUT2D eigenvalue weighted by molar-refractivity contribution is -0.149. The molecule has 148 valence electrons. The number of aryl methyl sites for hydroxylation is 1. The van der Waals surface area contributed by atoms with Crippen LogP contribution in [-0.2, 0) is 21.4 Å². The Labute approximate surface area is 165 Å². The van der Waals surface area contributed by atoms with E-state index in [1.54, 1.807) is 23.1 Å². The van der Waals surface area contributed by atoms with Crippen LogP contribution in [0.25, 0.3) is 0 Å². The van der Waals surface area contributed by atoms with Gasteiger partial charge in [-0.15, -0.1) is 0 Å². The Morgan fingerprint density at radius 2 is 1.68 bits per heavy atom. The lowest BCUT2D eigenvalue weighted by Gasteiger charge is -2.40. The number of hydrogen-bond donors (Lipinski definition) is 1. The van der Waals surface area contributed by atoms with Crippen LogP contribution < -0.4 is 0 Å². The van der Waals surface area contributed by atoms with Crippen molar-refractivity contribution in [1.82, 2.24) is 4.90 Å². The summed E-state index contributed by atoms with van der Waals surface area (Å²) in [6, 6.07) is 15.9. The van der Waals surface area contributed by atoms with E-state index in [9.17, 15) is 19.1 Å². The summed E-state index contributed by atoms with van der Waals surface area (Å²) in [6.07, 6.45) is 1.88. The van der Waals surface area contributed by atoms with Gasteiger partial charge in [0.15, 0.2) is 0 Å². The molecule has 2 aromatic carbocycles. The molecule has 3 rings (SSSR count). The molecule has 1 unspecified atom stereocenters. The number of amides is 1. The summed E-state index contributed by atoms with van der Waals surface area (Å²) in [5, 5.41) is 9.87. The fourth-order valence-electron chi connectivity index (χ4n) is 4.00. The number of rotatable bonds is 6. The van der Waals surface area contributed by atoms with Crippen LogP contribution in [0, 0.1) is 11.7 Å². The van der Waals surface area contributed by atoms with E-state index in [1.807, 2.05) is 37.3 Å². The van der Waals surface area contributed by atoms with Crippen LogP contribution in [-0.4, -0.2) is 35.0 Å². The van der Waals surface area contributed by atoms with Crippen LogP contribution >= 0.6 is 0 Å². The number of carbonyl (C=O) groups is 2. The van der Waals surface area contributed by atoms with Gasteiger partial charge in [0.2, 0.25) is 5.91 Å². The summed E-state index contributed by atoms with van der Waals surface area (Å²) in [7, 11) is 0. The average Bonchev–Trinajstić information content (AvgIpc) is 2.73. The first kappa shape index (κ1) is 20.1. The molecule has 28 heavy (non-hydrogen) atoms. The van der Waals surface area contributed by atoms with Gasteiger partial charge in [-0.05, 0) is 42.9 Å². The van der Waals surface area contributed by atoms with Crippen molar-refractivity contribution in [3.63, 3.8) is 0 Å². The molecule has 1 fully saturated rings. The van der Waals surface area contributed by atoms with Crippen molar-refractivity contribution in [2.24, 2.45) is 5.92 Å². The first-order valence-corrected chi connectivity index (χ1v) is 9.75. The van der Waals surface area contributed by atoms with Gasteiger partial charge in [-0.3, -0.25) is 9.59 Å². The van der Waals surface area contributed by atoms with E-state index in [0.717, 1.165) is 5.56 Å². The SMILES string of the molecule is CC(CCc1ccccc1F)C(=O)N1CCC(C(=O)O)(c2ccccc2)CC1. The Balaban J connectivity index is 1.61. The van der Waals surface area contributed by atoms with Gasteiger partial charge in [0, 0.05) is 19.0 Å². The van der Waals surface area contributed by atoms with Crippen LogP contribution in [0.1, 0.15) is 37.3 Å². The van der Waals surface area contributed by atoms with E-state index < -0.39 is 11.4 Å². The Bertz CT molecular complexity index is 829. The van der Waals surface area contributed by atoms with Crippen molar-refractivity contribution >= 4 is 11.9 Å². The Kier molecular flexibility index (Phi) is 6.12. The summed E-state index contributed by atoms with van der Waals surface area (Å²) < 4.78 is 13.8. The first-order valence-electron chi connectivity index (χ1n) is 9.75. The maximum atomic E-state index is 13.8. The number of likely N-dealkylation sites (tertiary alicyclic amines) is 1. The van der Waals surface area contributed by atoms with E-state index in [4.69, 9.17) is 0 Å². The lowest BCUT2D eigenvalue weighted by atomic mass is 9.72. The molecular weight excluding hydrogens is 357 g/mol. The minimum Gasteiger partial charge on any atom is -0.481 e. The van der Waals surface area contributed by atoms with E-state index in [1.165, 1.54) is 6.07 Å². The lowest BCUT2D eigenvalue weighted by Crippen LogP contribution is -2.50. The Hall–Kier alpha value is -2.69. The van der Waals surface area contributed by atoms with E-state index in [0.29, 0.717) is 44.3 Å². The molecule has 2 aromatic rings. The highest BCUT2D eigenvalue weighted by molar-refractivity contribution is 5.83. The molecule has 1 amide bonds. The van der Waals surface area contributed by atoms with Gasteiger partial charge in [0.1, 0.15) is 5.82 Å². The van der Waals surface area contributed by atoms with Gasteiger partial charge < -0.3 is 10.0 Å². The summed E-state index contributed by atoms with van der Waals surface area (Å²) in [4.78, 5) is 26.6. The number of nitrogens with zero attached hydrogens (tertiary/aromatic N) is 1. The highest BCUT2D eigenvalue weighted by Crippen LogP contribution is 2.36. The zero-order chi connectivity index (χ0) is 20.1. The number of carboxylic acids is 1. The number of halogens is 1. The number of hydrogen-bond acceptors (Lipinski definition) is 2. The van der Waals surface area contributed by atoms with E-state index >= 15 is 0 Å². The quantitative estimate of drug-likeness (QED) is 0.819. The van der Waals surface area contributed by atoms with Crippen molar-refractivity contribution < 1.29 is 19.1 Å². The second kappa shape index (κ2) is 8.55. The third kappa shape index (κ3) is 4.08. The molecule has 0 saturated carbocycles. The van der Waals surface area contributed by atoms with Crippen molar-refractivity contribution in [2.75, 3.05) is 13.1 Å². The zero-order valence-electron chi connectivity index (χ0n) is 16.1. The summed E-state index contributed by atoms with van der Waals surface area (Å²) in [6.45, 7) is 2.70. The Morgan fingerprint density at radius 1 is 1.07 bits per heavy atom. The molecule has 1 N–H and O–H groups in total. The van der Waals surface area contributed by atoms with Crippen LogP contribution in [0.3, 0.4) is 0 Å². The van der Waals surface area contributed by atoms with Crippen LogP contribution in [0.4, 0.5) is 4.39 Å². The third-order valence-corrected chi connectivity index (χ3v) is 5.89. The molecule has 5 heteroatoms. The molecular formula is C23H26FNO3. The maximum absolute atomic E-state index is 13.8. The summed E-state index contributed by atoms with van der Waals surface area (Å²) in [5.41, 5.74) is 0.478. The molecule has 0 aromatic heterocycles. The number of piperidine rings is 1. The maximum Gasteiger partial charge on any atom is 0.314 e. The van der Waals surface area contributed by atoms with Crippen molar-refractivity contribution in [3.05, 3.63) is 71.5 Å². The second-order valence-electron chi connectivity index (χ2n) is 7.61. The van der Waals surface area contributed by atoms with Gasteiger partial charge in [-0.25, -0.2) is 4.39 Å². The van der Waals surface area contributed by atoms with Gasteiger partial charge >= 0.3 is 5.97 Å². The predicted octanol–water partition coefficient (Wildman–Crippen LogP) is 4.04. The molecule has 1 heterocycles. The molecule has 0 radical (unpaired) electrons. The van der Waals surface area contributed by atoms with Crippen molar-refractivity contribution in [1.29, 1.82) is 0 Å². The van der Waals surface area contributed by atoms with Crippen molar-refractivity contribution in [2.45, 2.75) is 38.0 Å². The van der Waals surface area contributed by atoms with E-state index in [-0.39, 0.29) is 17.6 Å². The van der Waals surface area contributed by atoms with Gasteiger partial charge in [0.05, 0.1) is 5.41 Å². The summed E-state index contributed by atoms with van der Waals surface area (Å²) >= 11 is 0. The molecule has 0 spiro atoms. The van der Waals surface area contributed by atoms with Gasteiger partial charge in [0.25, 0.3) is 0 Å². The highest BCUT2D eigenvalue weighted by atomic mass is 19.1. The number of carbonyl (C=O) groups excluding carboxylic acids is 1. The third-order valence-electron chi connectivity index (χ3n) is 5.89. The topological polar surface area (TPSA) is 57.6 Å². The van der Waals surface area contributed by atoms with Gasteiger partial charge in [-0.2, -0.15) is 0 Å².